The van der Waals surface area contributed by atoms with E-state index in [9.17, 15) is 0 Å². The monoisotopic (exact) mass is 642 g/mol. The molecule has 2 heterocycles. The number of nitrogens with zero attached hydrogens (tertiary/aromatic N) is 4. The van der Waals surface area contributed by atoms with Crippen molar-refractivity contribution in [1.82, 2.24) is 10.6 Å². The molecule has 0 aromatic heterocycles. The molecule has 6 aliphatic rings. The molecule has 0 saturated carbocycles. The molecule has 2 aliphatic heterocycles. The summed E-state index contributed by atoms with van der Waals surface area (Å²) < 4.78 is 0. The standard InChI is InChI=1S/C46H34N4/c1-5-13-35(14-6-1)41-42(36-15-7-2-8-16-36)48-45(47-41)39-29-31-21-22-32-24-26-34(28-27-33(39)25-23-31)40(30-32)46-49-43(37-17-9-3-10-18-37)44(50-46)38-19-11-4-12-20-38/h1-20,23-26,29-30H,21-22,27-28H2. The van der Waals surface area contributed by atoms with Crippen LogP contribution in [0, 0.1) is 0 Å². The SMILES string of the molecule is c1ccc(C2=C(c3ccccc3)N=C(c3cc4ccc3CCc3ccc(cc3C3=NC(c5ccccc5)=C(c5ccccc5)[N]3)CC4)[N]2)cc1. The van der Waals surface area contributed by atoms with E-state index >= 15 is 0 Å². The molecular weight excluding hydrogens is 609 g/mol. The Morgan fingerprint density at radius 1 is 0.320 bits per heavy atom. The van der Waals surface area contributed by atoms with Gasteiger partial charge in [-0.15, -0.1) is 0 Å². The van der Waals surface area contributed by atoms with Gasteiger partial charge in [0, 0.05) is 33.4 Å². The molecule has 12 rings (SSSR count). The predicted octanol–water partition coefficient (Wildman–Crippen LogP) is 9.35. The van der Waals surface area contributed by atoms with Gasteiger partial charge in [0.2, 0.25) is 0 Å². The van der Waals surface area contributed by atoms with Crippen molar-refractivity contribution in [2.45, 2.75) is 25.7 Å². The van der Waals surface area contributed by atoms with E-state index in [0.29, 0.717) is 0 Å². The van der Waals surface area contributed by atoms with Crippen LogP contribution in [-0.2, 0) is 25.7 Å². The van der Waals surface area contributed by atoms with Crippen LogP contribution in [0.5, 0.6) is 0 Å². The van der Waals surface area contributed by atoms with Crippen LogP contribution in [0.4, 0.5) is 0 Å². The minimum Gasteiger partial charge on any atom is -0.226 e. The van der Waals surface area contributed by atoms with Crippen molar-refractivity contribution in [3.8, 4) is 0 Å². The van der Waals surface area contributed by atoms with Crippen molar-refractivity contribution in [3.05, 3.63) is 213 Å². The Labute approximate surface area is 293 Å². The van der Waals surface area contributed by atoms with Gasteiger partial charge in [-0.3, -0.25) is 0 Å². The Morgan fingerprint density at radius 3 is 1.02 bits per heavy atom. The van der Waals surface area contributed by atoms with Gasteiger partial charge in [-0.25, -0.2) is 20.6 Å². The van der Waals surface area contributed by atoms with E-state index in [2.05, 4.69) is 133 Å². The maximum absolute atomic E-state index is 5.24. The van der Waals surface area contributed by atoms with Crippen molar-refractivity contribution in [2.24, 2.45) is 9.98 Å². The number of rotatable bonds is 6. The maximum Gasteiger partial charge on any atom is 0.160 e. The van der Waals surface area contributed by atoms with Crippen LogP contribution < -0.4 is 10.6 Å². The van der Waals surface area contributed by atoms with Gasteiger partial charge in [0.1, 0.15) is 0 Å². The molecule has 50 heavy (non-hydrogen) atoms. The number of hydrogen-bond donors (Lipinski definition) is 0. The third-order valence-corrected chi connectivity index (χ3v) is 9.70. The quantitative estimate of drug-likeness (QED) is 0.174. The lowest BCUT2D eigenvalue weighted by Gasteiger charge is -2.17. The lowest BCUT2D eigenvalue weighted by Crippen LogP contribution is -2.17. The molecule has 0 atom stereocenters. The predicted molar refractivity (Wildman–Crippen MR) is 204 cm³/mol. The first-order valence-corrected chi connectivity index (χ1v) is 17.3. The first kappa shape index (κ1) is 29.8. The van der Waals surface area contributed by atoms with Crippen LogP contribution in [0.25, 0.3) is 22.8 Å². The summed E-state index contributed by atoms with van der Waals surface area (Å²) in [6.45, 7) is 0. The number of aryl methyl sites for hydroxylation is 4. The van der Waals surface area contributed by atoms with Crippen molar-refractivity contribution in [2.75, 3.05) is 0 Å². The van der Waals surface area contributed by atoms with E-state index in [1.165, 1.54) is 22.3 Å². The summed E-state index contributed by atoms with van der Waals surface area (Å²) in [5.41, 5.74) is 15.2. The van der Waals surface area contributed by atoms with E-state index in [1.54, 1.807) is 0 Å². The van der Waals surface area contributed by atoms with Gasteiger partial charge in [0.15, 0.2) is 11.7 Å². The van der Waals surface area contributed by atoms with Crippen molar-refractivity contribution in [3.63, 3.8) is 0 Å². The molecule has 0 N–H and O–H groups in total. The Balaban J connectivity index is 1.07. The summed E-state index contributed by atoms with van der Waals surface area (Å²) in [5, 5.41) is 10.5. The maximum atomic E-state index is 5.24. The molecule has 6 aromatic carbocycles. The molecule has 238 valence electrons. The fraction of sp³-hybridized carbons (Fsp3) is 0.0870. The minimum absolute atomic E-state index is 0.783. The van der Waals surface area contributed by atoms with Crippen LogP contribution in [0.1, 0.15) is 55.6 Å². The molecule has 4 heteroatoms. The molecule has 0 fully saturated rings. The highest BCUT2D eigenvalue weighted by Crippen LogP contribution is 2.35. The van der Waals surface area contributed by atoms with E-state index in [0.717, 1.165) is 93.5 Å². The normalized spacial score (nSPS) is 15.3. The van der Waals surface area contributed by atoms with Crippen LogP contribution >= 0.6 is 0 Å². The van der Waals surface area contributed by atoms with E-state index in [-0.39, 0.29) is 0 Å². The van der Waals surface area contributed by atoms with Crippen LogP contribution in [0.15, 0.2) is 168 Å². The highest BCUT2D eigenvalue weighted by Gasteiger charge is 2.27. The van der Waals surface area contributed by atoms with Gasteiger partial charge in [-0.2, -0.15) is 0 Å². The zero-order chi connectivity index (χ0) is 33.3. The lowest BCUT2D eigenvalue weighted by atomic mass is 9.90. The van der Waals surface area contributed by atoms with Gasteiger partial charge in [-0.1, -0.05) is 146 Å². The van der Waals surface area contributed by atoms with Crippen LogP contribution in [0.3, 0.4) is 0 Å². The fourth-order valence-electron chi connectivity index (χ4n) is 7.08. The average Bonchev–Trinajstić information content (AvgIpc) is 3.83. The smallest absolute Gasteiger partial charge is 0.160 e. The zero-order valence-corrected chi connectivity index (χ0v) is 27.6. The second kappa shape index (κ2) is 13.0. The molecule has 0 spiro atoms. The molecule has 4 bridgehead atoms. The molecule has 6 aromatic rings. The van der Waals surface area contributed by atoms with E-state index in [4.69, 9.17) is 20.6 Å². The van der Waals surface area contributed by atoms with Gasteiger partial charge in [0.05, 0.1) is 22.8 Å². The lowest BCUT2D eigenvalue weighted by molar-refractivity contribution is 0.914. The molecule has 4 nitrogen and oxygen atoms in total. The Kier molecular flexibility index (Phi) is 7.75. The minimum atomic E-state index is 0.783. The third kappa shape index (κ3) is 5.75. The summed E-state index contributed by atoms with van der Waals surface area (Å²) in [7, 11) is 0. The second-order valence-corrected chi connectivity index (χ2v) is 12.9. The molecular formula is C46H34N4. The van der Waals surface area contributed by atoms with Crippen LogP contribution in [0.2, 0.25) is 0 Å². The number of hydrogen-bond acceptors (Lipinski definition) is 2. The average molecular weight is 643 g/mol. The Morgan fingerprint density at radius 2 is 0.660 bits per heavy atom. The highest BCUT2D eigenvalue weighted by molar-refractivity contribution is 6.16. The number of benzene rings is 6. The molecule has 4 aliphatic carbocycles. The Hall–Kier alpha value is -6.26. The topological polar surface area (TPSA) is 52.9 Å². The van der Waals surface area contributed by atoms with Gasteiger partial charge >= 0.3 is 0 Å². The third-order valence-electron chi connectivity index (χ3n) is 9.70. The summed E-state index contributed by atoms with van der Waals surface area (Å²) in [6, 6.07) is 55.4. The summed E-state index contributed by atoms with van der Waals surface area (Å²) in [4.78, 5) is 10.5. The summed E-state index contributed by atoms with van der Waals surface area (Å²) in [6.07, 6.45) is 3.51. The number of amidine groups is 2. The van der Waals surface area contributed by atoms with Crippen molar-refractivity contribution in [1.29, 1.82) is 0 Å². The van der Waals surface area contributed by atoms with Crippen LogP contribution in [-0.4, -0.2) is 11.7 Å². The Bertz CT molecular complexity index is 2170. The van der Waals surface area contributed by atoms with Gasteiger partial charge < -0.3 is 0 Å². The largest absolute Gasteiger partial charge is 0.226 e. The van der Waals surface area contributed by atoms with E-state index in [1.807, 2.05) is 24.3 Å². The summed E-state index contributed by atoms with van der Waals surface area (Å²) >= 11 is 0. The molecule has 0 unspecified atom stereocenters. The highest BCUT2D eigenvalue weighted by atomic mass is 15.1. The van der Waals surface area contributed by atoms with Gasteiger partial charge in [0.25, 0.3) is 0 Å². The molecule has 2 radical (unpaired) electrons. The summed E-state index contributed by atoms with van der Waals surface area (Å²) in [5.74, 6) is 1.57. The first-order chi connectivity index (χ1) is 24.8. The second-order valence-electron chi connectivity index (χ2n) is 12.9. The molecule has 0 saturated heterocycles. The zero-order valence-electron chi connectivity index (χ0n) is 27.6. The van der Waals surface area contributed by atoms with Crippen molar-refractivity contribution < 1.29 is 0 Å². The fourth-order valence-corrected chi connectivity index (χ4v) is 7.08. The van der Waals surface area contributed by atoms with Gasteiger partial charge in [-0.05, 0) is 60.1 Å². The number of aliphatic imine (C=N–C) groups is 2. The first-order valence-electron chi connectivity index (χ1n) is 17.3. The van der Waals surface area contributed by atoms with E-state index < -0.39 is 0 Å². The van der Waals surface area contributed by atoms with Crippen molar-refractivity contribution >= 4 is 34.5 Å². The molecule has 0 amide bonds.